The average Bonchev–Trinajstić information content (AvgIpc) is 3.01. The fourth-order valence-corrected chi connectivity index (χ4v) is 3.79. The van der Waals surface area contributed by atoms with Crippen LogP contribution >= 0.6 is 11.8 Å². The van der Waals surface area contributed by atoms with E-state index in [-0.39, 0.29) is 11.8 Å². The lowest BCUT2D eigenvalue weighted by atomic mass is 10.2. The van der Waals surface area contributed by atoms with Crippen LogP contribution in [0, 0.1) is 0 Å². The van der Waals surface area contributed by atoms with E-state index in [4.69, 9.17) is 4.74 Å². The van der Waals surface area contributed by atoms with Gasteiger partial charge in [0.25, 0.3) is 5.91 Å². The summed E-state index contributed by atoms with van der Waals surface area (Å²) in [5.74, 6) is 0.647. The fraction of sp³-hybridized carbons (Fsp3) is 0.421. The number of amides is 2. The quantitative estimate of drug-likeness (QED) is 0.759. The third-order valence-corrected chi connectivity index (χ3v) is 5.32. The van der Waals surface area contributed by atoms with Gasteiger partial charge in [-0.25, -0.2) is 0 Å². The molecule has 1 saturated heterocycles. The zero-order chi connectivity index (χ0) is 18.5. The second kappa shape index (κ2) is 8.40. The van der Waals surface area contributed by atoms with Crippen LogP contribution in [0.4, 0.5) is 0 Å². The lowest BCUT2D eigenvalue weighted by Crippen LogP contribution is -2.49. The summed E-state index contributed by atoms with van der Waals surface area (Å²) in [5.41, 5.74) is 0.884. The Morgan fingerprint density at radius 2 is 2.00 bits per heavy atom. The molecule has 1 aromatic carbocycles. The molecule has 0 N–H and O–H groups in total. The van der Waals surface area contributed by atoms with Crippen molar-refractivity contribution in [1.82, 2.24) is 9.80 Å². The summed E-state index contributed by atoms with van der Waals surface area (Å²) in [6, 6.07) is 7.70. The van der Waals surface area contributed by atoms with Crippen LogP contribution in [0.1, 0.15) is 25.8 Å². The standard InChI is InChI=1S/C19H23N3O3S/c1-3-12-25-16-7-5-4-6-15(16)13-17-18(24)20-19(26-17)22-10-8-21(9-11-22)14(2)23/h4-7,13H,3,8-12H2,1-2H3/b17-13-. The number of carbonyl (C=O) groups is 2. The maximum Gasteiger partial charge on any atom is 0.286 e. The minimum absolute atomic E-state index is 0.0889. The molecule has 1 fully saturated rings. The molecule has 138 valence electrons. The van der Waals surface area contributed by atoms with Gasteiger partial charge in [-0.2, -0.15) is 4.99 Å². The molecule has 0 bridgehead atoms. The molecule has 0 unspecified atom stereocenters. The summed E-state index contributed by atoms with van der Waals surface area (Å²) in [7, 11) is 0. The number of para-hydroxylation sites is 1. The molecule has 0 saturated carbocycles. The van der Waals surface area contributed by atoms with Gasteiger partial charge in [0, 0.05) is 38.7 Å². The van der Waals surface area contributed by atoms with Crippen molar-refractivity contribution in [3.05, 3.63) is 34.7 Å². The van der Waals surface area contributed by atoms with Gasteiger partial charge in [-0.3, -0.25) is 9.59 Å². The lowest BCUT2D eigenvalue weighted by molar-refractivity contribution is -0.130. The molecule has 2 amide bonds. The molecule has 3 rings (SSSR count). The minimum Gasteiger partial charge on any atom is -0.493 e. The molecule has 0 spiro atoms. The Morgan fingerprint density at radius 1 is 1.27 bits per heavy atom. The zero-order valence-electron chi connectivity index (χ0n) is 15.1. The largest absolute Gasteiger partial charge is 0.493 e. The van der Waals surface area contributed by atoms with Crippen molar-refractivity contribution >= 4 is 34.8 Å². The molecule has 2 aliphatic rings. The maximum atomic E-state index is 12.3. The van der Waals surface area contributed by atoms with Gasteiger partial charge in [0.05, 0.1) is 11.5 Å². The summed E-state index contributed by atoms with van der Waals surface area (Å²) in [5, 5.41) is 0.719. The highest BCUT2D eigenvalue weighted by molar-refractivity contribution is 8.18. The predicted molar refractivity (Wildman–Crippen MR) is 104 cm³/mol. The van der Waals surface area contributed by atoms with Crippen LogP contribution in [0.25, 0.3) is 6.08 Å². The molecule has 0 aliphatic carbocycles. The van der Waals surface area contributed by atoms with E-state index in [1.807, 2.05) is 35.2 Å². The van der Waals surface area contributed by atoms with Crippen molar-refractivity contribution in [1.29, 1.82) is 0 Å². The third-order valence-electron chi connectivity index (χ3n) is 4.27. The highest BCUT2D eigenvalue weighted by atomic mass is 32.2. The number of rotatable bonds is 4. The number of hydrogen-bond donors (Lipinski definition) is 0. The second-order valence-corrected chi connectivity index (χ2v) is 7.20. The molecule has 2 heterocycles. The van der Waals surface area contributed by atoms with E-state index in [0.717, 1.165) is 22.9 Å². The summed E-state index contributed by atoms with van der Waals surface area (Å²) in [6.45, 7) is 7.00. The maximum absolute atomic E-state index is 12.3. The van der Waals surface area contributed by atoms with Crippen molar-refractivity contribution < 1.29 is 14.3 Å². The van der Waals surface area contributed by atoms with Crippen molar-refractivity contribution in [2.45, 2.75) is 20.3 Å². The van der Waals surface area contributed by atoms with E-state index in [1.165, 1.54) is 11.8 Å². The van der Waals surface area contributed by atoms with Crippen LogP contribution in [0.15, 0.2) is 34.2 Å². The number of aliphatic imine (C=N–C) groups is 1. The number of thioether (sulfide) groups is 1. The first-order valence-corrected chi connectivity index (χ1v) is 9.65. The van der Waals surface area contributed by atoms with E-state index in [9.17, 15) is 9.59 Å². The smallest absolute Gasteiger partial charge is 0.286 e. The van der Waals surface area contributed by atoms with Gasteiger partial charge in [-0.15, -0.1) is 0 Å². The average molecular weight is 373 g/mol. The summed E-state index contributed by atoms with van der Waals surface area (Å²) in [6.07, 6.45) is 2.78. The van der Waals surface area contributed by atoms with Gasteiger partial charge >= 0.3 is 0 Å². The van der Waals surface area contributed by atoms with Gasteiger partial charge in [-0.1, -0.05) is 25.1 Å². The van der Waals surface area contributed by atoms with Gasteiger partial charge in [0.15, 0.2) is 5.17 Å². The first-order chi connectivity index (χ1) is 12.6. The van der Waals surface area contributed by atoms with Crippen molar-refractivity contribution in [3.63, 3.8) is 0 Å². The molecule has 2 aliphatic heterocycles. The number of benzene rings is 1. The number of amidine groups is 1. The summed E-state index contributed by atoms with van der Waals surface area (Å²) >= 11 is 1.39. The number of ether oxygens (including phenoxy) is 1. The molecular weight excluding hydrogens is 350 g/mol. The van der Waals surface area contributed by atoms with Crippen LogP contribution in [0.2, 0.25) is 0 Å². The van der Waals surface area contributed by atoms with Crippen molar-refractivity contribution in [2.75, 3.05) is 32.8 Å². The van der Waals surface area contributed by atoms with Crippen molar-refractivity contribution in [3.8, 4) is 5.75 Å². The lowest BCUT2D eigenvalue weighted by Gasteiger charge is -2.34. The van der Waals surface area contributed by atoms with Crippen LogP contribution in [0.3, 0.4) is 0 Å². The third kappa shape index (κ3) is 4.27. The van der Waals surface area contributed by atoms with E-state index in [0.29, 0.717) is 37.7 Å². The second-order valence-electron chi connectivity index (χ2n) is 6.19. The summed E-state index contributed by atoms with van der Waals surface area (Å²) < 4.78 is 5.76. The molecule has 26 heavy (non-hydrogen) atoms. The topological polar surface area (TPSA) is 62.2 Å². The molecule has 7 heteroatoms. The van der Waals surface area contributed by atoms with E-state index >= 15 is 0 Å². The Kier molecular flexibility index (Phi) is 5.98. The van der Waals surface area contributed by atoms with Crippen LogP contribution in [-0.4, -0.2) is 59.6 Å². The summed E-state index contributed by atoms with van der Waals surface area (Å²) in [4.78, 5) is 32.5. The van der Waals surface area contributed by atoms with Gasteiger partial charge in [0.2, 0.25) is 5.91 Å². The van der Waals surface area contributed by atoms with Crippen LogP contribution < -0.4 is 4.74 Å². The first kappa shape index (κ1) is 18.5. The highest BCUT2D eigenvalue weighted by Gasteiger charge is 2.29. The highest BCUT2D eigenvalue weighted by Crippen LogP contribution is 2.32. The molecule has 1 aromatic rings. The molecule has 0 aromatic heterocycles. The molecule has 0 atom stereocenters. The van der Waals surface area contributed by atoms with E-state index in [2.05, 4.69) is 16.8 Å². The SMILES string of the molecule is CCCOc1ccccc1/C=C1\SC(N2CCN(C(C)=O)CC2)=NC1=O. The zero-order valence-corrected chi connectivity index (χ0v) is 15.9. The van der Waals surface area contributed by atoms with Crippen molar-refractivity contribution in [2.24, 2.45) is 4.99 Å². The number of nitrogens with zero attached hydrogens (tertiary/aromatic N) is 3. The number of piperazine rings is 1. The Hall–Kier alpha value is -2.28. The normalized spacial score (nSPS) is 19.1. The number of carbonyl (C=O) groups excluding carboxylic acids is 2. The van der Waals surface area contributed by atoms with E-state index < -0.39 is 0 Å². The Labute approximate surface area is 157 Å². The number of hydrogen-bond acceptors (Lipinski definition) is 5. The van der Waals surface area contributed by atoms with E-state index in [1.54, 1.807) is 6.92 Å². The van der Waals surface area contributed by atoms with Gasteiger partial charge < -0.3 is 14.5 Å². The molecule has 6 nitrogen and oxygen atoms in total. The Balaban J connectivity index is 1.69. The minimum atomic E-state index is -0.218. The first-order valence-electron chi connectivity index (χ1n) is 8.83. The predicted octanol–water partition coefficient (Wildman–Crippen LogP) is 2.61. The molecule has 0 radical (unpaired) electrons. The van der Waals surface area contributed by atoms with Gasteiger partial charge in [0.1, 0.15) is 5.75 Å². The van der Waals surface area contributed by atoms with Crippen LogP contribution in [-0.2, 0) is 9.59 Å². The Morgan fingerprint density at radius 3 is 2.69 bits per heavy atom. The fourth-order valence-electron chi connectivity index (χ4n) is 2.83. The van der Waals surface area contributed by atoms with Gasteiger partial charge in [-0.05, 0) is 30.3 Å². The van der Waals surface area contributed by atoms with Crippen LogP contribution in [0.5, 0.6) is 5.75 Å². The molecular formula is C19H23N3O3S. The Bertz CT molecular complexity index is 752. The monoisotopic (exact) mass is 373 g/mol.